The van der Waals surface area contributed by atoms with E-state index in [1.54, 1.807) is 17.4 Å². The van der Waals surface area contributed by atoms with Crippen molar-refractivity contribution in [3.8, 4) is 0 Å². The van der Waals surface area contributed by atoms with Crippen LogP contribution in [0.4, 0.5) is 0 Å². The van der Waals surface area contributed by atoms with Gasteiger partial charge in [-0.1, -0.05) is 6.07 Å². The van der Waals surface area contributed by atoms with Gasteiger partial charge in [-0.25, -0.2) is 13.1 Å². The Labute approximate surface area is 172 Å². The standard InChI is InChI=1S/C21H29N3O2S2/c1-23-9-11-24(12-10-23)21(19-8-13-27-16-19)15-22-28(25,26)20-7-6-17-4-2-3-5-18(17)14-20/h6-8,13-14,16,21-22H,2-5,9-12,15H2,1H3. The number of hydrogen-bond acceptors (Lipinski definition) is 5. The van der Waals surface area contributed by atoms with Crippen LogP contribution in [0.15, 0.2) is 39.9 Å². The van der Waals surface area contributed by atoms with Crippen molar-refractivity contribution < 1.29 is 8.42 Å². The fourth-order valence-corrected chi connectivity index (χ4v) is 6.00. The fourth-order valence-electron chi connectivity index (χ4n) is 4.20. The first-order valence-corrected chi connectivity index (χ1v) is 12.5. The summed E-state index contributed by atoms with van der Waals surface area (Å²) < 4.78 is 28.9. The Morgan fingerprint density at radius 3 is 2.54 bits per heavy atom. The molecule has 28 heavy (non-hydrogen) atoms. The third kappa shape index (κ3) is 4.49. The van der Waals surface area contributed by atoms with Gasteiger partial charge in [0, 0.05) is 38.8 Å². The molecule has 152 valence electrons. The zero-order valence-electron chi connectivity index (χ0n) is 16.4. The average Bonchev–Trinajstić information content (AvgIpc) is 3.23. The summed E-state index contributed by atoms with van der Waals surface area (Å²) in [5.74, 6) is 0. The van der Waals surface area contributed by atoms with Crippen molar-refractivity contribution >= 4 is 21.4 Å². The molecule has 0 spiro atoms. The predicted octanol–water partition coefficient (Wildman–Crippen LogP) is 2.89. The van der Waals surface area contributed by atoms with Crippen molar-refractivity contribution in [2.75, 3.05) is 39.8 Å². The van der Waals surface area contributed by atoms with E-state index in [2.05, 4.69) is 38.4 Å². The second-order valence-corrected chi connectivity index (χ2v) is 10.4. The third-order valence-corrected chi connectivity index (χ3v) is 8.13. The summed E-state index contributed by atoms with van der Waals surface area (Å²) in [5.41, 5.74) is 3.70. The number of hydrogen-bond donors (Lipinski definition) is 1. The molecule has 1 saturated heterocycles. The Morgan fingerprint density at radius 1 is 1.07 bits per heavy atom. The van der Waals surface area contributed by atoms with Crippen LogP contribution in [0.5, 0.6) is 0 Å². The fraction of sp³-hybridized carbons (Fsp3) is 0.524. The highest BCUT2D eigenvalue weighted by atomic mass is 32.2. The van der Waals surface area contributed by atoms with E-state index >= 15 is 0 Å². The number of nitrogens with one attached hydrogen (secondary N) is 1. The van der Waals surface area contributed by atoms with Gasteiger partial charge in [0.05, 0.1) is 4.90 Å². The average molecular weight is 420 g/mol. The molecule has 5 nitrogen and oxygen atoms in total. The molecule has 0 amide bonds. The maximum Gasteiger partial charge on any atom is 0.240 e. The molecule has 7 heteroatoms. The largest absolute Gasteiger partial charge is 0.304 e. The van der Waals surface area contributed by atoms with Crippen LogP contribution in [0.3, 0.4) is 0 Å². The zero-order valence-corrected chi connectivity index (χ0v) is 18.1. The minimum atomic E-state index is -3.51. The number of likely N-dealkylation sites (N-methyl/N-ethyl adjacent to an activating group) is 1. The van der Waals surface area contributed by atoms with E-state index in [-0.39, 0.29) is 6.04 Å². The first kappa shape index (κ1) is 20.0. The van der Waals surface area contributed by atoms with E-state index in [9.17, 15) is 8.42 Å². The van der Waals surface area contributed by atoms with Gasteiger partial charge in [-0.2, -0.15) is 11.3 Å². The van der Waals surface area contributed by atoms with Crippen LogP contribution in [0.25, 0.3) is 0 Å². The van der Waals surface area contributed by atoms with E-state index in [1.807, 2.05) is 12.1 Å². The second kappa shape index (κ2) is 8.63. The molecule has 1 fully saturated rings. The number of nitrogens with zero attached hydrogens (tertiary/aromatic N) is 2. The molecule has 2 heterocycles. The van der Waals surface area contributed by atoms with Gasteiger partial charge in [0.15, 0.2) is 0 Å². The molecule has 1 aromatic heterocycles. The summed E-state index contributed by atoms with van der Waals surface area (Å²) in [5, 5.41) is 4.20. The smallest absolute Gasteiger partial charge is 0.240 e. The van der Waals surface area contributed by atoms with Crippen LogP contribution >= 0.6 is 11.3 Å². The molecule has 1 unspecified atom stereocenters. The third-order valence-electron chi connectivity index (χ3n) is 6.00. The molecular weight excluding hydrogens is 390 g/mol. The van der Waals surface area contributed by atoms with Crippen LogP contribution in [0.1, 0.15) is 35.6 Å². The summed E-state index contributed by atoms with van der Waals surface area (Å²) in [7, 11) is -1.38. The van der Waals surface area contributed by atoms with Crippen molar-refractivity contribution in [1.82, 2.24) is 14.5 Å². The maximum atomic E-state index is 13.0. The van der Waals surface area contributed by atoms with E-state index in [1.165, 1.54) is 23.1 Å². The van der Waals surface area contributed by atoms with Crippen LogP contribution in [-0.2, 0) is 22.9 Å². The van der Waals surface area contributed by atoms with Crippen molar-refractivity contribution in [1.29, 1.82) is 0 Å². The van der Waals surface area contributed by atoms with Crippen LogP contribution < -0.4 is 4.72 Å². The van der Waals surface area contributed by atoms with Gasteiger partial charge in [-0.05, 0) is 78.4 Å². The van der Waals surface area contributed by atoms with Crippen molar-refractivity contribution in [2.45, 2.75) is 36.6 Å². The summed E-state index contributed by atoms with van der Waals surface area (Å²) >= 11 is 1.66. The van der Waals surface area contributed by atoms with Crippen molar-refractivity contribution in [3.05, 3.63) is 51.7 Å². The number of rotatable bonds is 6. The van der Waals surface area contributed by atoms with Crippen LogP contribution in [0.2, 0.25) is 0 Å². The van der Waals surface area contributed by atoms with Crippen molar-refractivity contribution in [3.63, 3.8) is 0 Å². The number of sulfonamides is 1. The molecule has 1 N–H and O–H groups in total. The summed E-state index contributed by atoms with van der Waals surface area (Å²) in [6, 6.07) is 7.84. The summed E-state index contributed by atoms with van der Waals surface area (Å²) in [4.78, 5) is 5.12. The number of aryl methyl sites for hydroxylation is 2. The Bertz CT molecular complexity index is 888. The Morgan fingerprint density at radius 2 is 1.82 bits per heavy atom. The topological polar surface area (TPSA) is 52.6 Å². The highest BCUT2D eigenvalue weighted by Gasteiger charge is 2.26. The molecule has 2 aromatic rings. The van der Waals surface area contributed by atoms with Gasteiger partial charge in [-0.15, -0.1) is 0 Å². The first-order chi connectivity index (χ1) is 13.5. The number of piperazine rings is 1. The maximum absolute atomic E-state index is 13.0. The van der Waals surface area contributed by atoms with E-state index in [0.29, 0.717) is 11.4 Å². The normalized spacial score (nSPS) is 20.0. The molecule has 2 aliphatic rings. The van der Waals surface area contributed by atoms with Gasteiger partial charge >= 0.3 is 0 Å². The molecule has 0 saturated carbocycles. The highest BCUT2D eigenvalue weighted by molar-refractivity contribution is 7.89. The van der Waals surface area contributed by atoms with E-state index in [4.69, 9.17) is 0 Å². The Hall–Kier alpha value is -1.25. The SMILES string of the molecule is CN1CCN(C(CNS(=O)(=O)c2ccc3c(c2)CCCC3)c2ccsc2)CC1. The Kier molecular flexibility index (Phi) is 6.18. The Balaban J connectivity index is 1.50. The van der Waals surface area contributed by atoms with Gasteiger partial charge in [0.25, 0.3) is 0 Å². The second-order valence-electron chi connectivity index (χ2n) is 7.90. The monoisotopic (exact) mass is 419 g/mol. The minimum Gasteiger partial charge on any atom is -0.304 e. The zero-order chi connectivity index (χ0) is 19.6. The minimum absolute atomic E-state index is 0.0763. The number of fused-ring (bicyclic) bond motifs is 1. The lowest BCUT2D eigenvalue weighted by molar-refractivity contribution is 0.113. The van der Waals surface area contributed by atoms with Gasteiger partial charge in [0.1, 0.15) is 0 Å². The van der Waals surface area contributed by atoms with E-state index in [0.717, 1.165) is 45.4 Å². The van der Waals surface area contributed by atoms with Gasteiger partial charge in [-0.3, -0.25) is 4.90 Å². The molecule has 1 aliphatic heterocycles. The van der Waals surface area contributed by atoms with Gasteiger partial charge in [0.2, 0.25) is 10.0 Å². The quantitative estimate of drug-likeness (QED) is 0.782. The number of thiophene rings is 1. The predicted molar refractivity (Wildman–Crippen MR) is 114 cm³/mol. The molecular formula is C21H29N3O2S2. The first-order valence-electron chi connectivity index (χ1n) is 10.1. The molecule has 1 atom stereocenters. The summed E-state index contributed by atoms with van der Waals surface area (Å²) in [6.07, 6.45) is 4.39. The van der Waals surface area contributed by atoms with E-state index < -0.39 is 10.0 Å². The molecule has 4 rings (SSSR count). The van der Waals surface area contributed by atoms with Crippen LogP contribution in [-0.4, -0.2) is 58.0 Å². The lowest BCUT2D eigenvalue weighted by Crippen LogP contribution is -2.48. The van der Waals surface area contributed by atoms with Crippen molar-refractivity contribution in [2.24, 2.45) is 0 Å². The molecule has 1 aromatic carbocycles. The van der Waals surface area contributed by atoms with Gasteiger partial charge < -0.3 is 4.90 Å². The van der Waals surface area contributed by atoms with Crippen LogP contribution in [0, 0.1) is 0 Å². The highest BCUT2D eigenvalue weighted by Crippen LogP contribution is 2.26. The summed E-state index contributed by atoms with van der Waals surface area (Å²) in [6.45, 7) is 4.34. The lowest BCUT2D eigenvalue weighted by atomic mass is 9.92. The molecule has 1 aliphatic carbocycles. The molecule has 0 bridgehead atoms. The molecule has 0 radical (unpaired) electrons. The number of benzene rings is 1. The lowest BCUT2D eigenvalue weighted by Gasteiger charge is -2.38.